The molecule has 3 nitrogen and oxygen atoms in total. The van der Waals surface area contributed by atoms with Crippen LogP contribution in [0.2, 0.25) is 5.02 Å². The van der Waals surface area contributed by atoms with Crippen LogP contribution in [-0.2, 0) is 5.75 Å². The molecule has 3 aromatic rings. The lowest BCUT2D eigenvalue weighted by molar-refractivity contribution is 1.21. The number of aromatic nitrogens is 2. The Labute approximate surface area is 136 Å². The molecule has 0 fully saturated rings. The lowest BCUT2D eigenvalue weighted by Crippen LogP contribution is -1.89. The van der Waals surface area contributed by atoms with Crippen LogP contribution >= 0.6 is 34.7 Å². The number of nitrogen functional groups attached to an aromatic ring is 1. The lowest BCUT2D eigenvalue weighted by Gasteiger charge is -2.04. The van der Waals surface area contributed by atoms with Gasteiger partial charge in [0, 0.05) is 32.9 Å². The van der Waals surface area contributed by atoms with Crippen molar-refractivity contribution in [2.24, 2.45) is 0 Å². The first-order valence-electron chi connectivity index (χ1n) is 6.26. The zero-order valence-corrected chi connectivity index (χ0v) is 13.4. The summed E-state index contributed by atoms with van der Waals surface area (Å²) in [5.74, 6) is 0.758. The van der Waals surface area contributed by atoms with Gasteiger partial charge in [0.25, 0.3) is 0 Å². The van der Waals surface area contributed by atoms with Gasteiger partial charge in [0.15, 0.2) is 0 Å². The van der Waals surface area contributed by atoms with E-state index in [-0.39, 0.29) is 0 Å². The first kappa shape index (κ1) is 14.4. The Morgan fingerprint density at radius 3 is 2.95 bits per heavy atom. The number of nitrogens with zero attached hydrogens (tertiary/aromatic N) is 2. The van der Waals surface area contributed by atoms with Crippen LogP contribution in [0.1, 0.15) is 5.69 Å². The molecule has 0 radical (unpaired) electrons. The Hall–Kier alpha value is -1.56. The Morgan fingerprint density at radius 1 is 1.24 bits per heavy atom. The van der Waals surface area contributed by atoms with Crippen LogP contribution in [0.5, 0.6) is 0 Å². The first-order chi connectivity index (χ1) is 10.2. The standard InChI is InChI=1S/C15H12ClN3S2/c16-10-4-5-12(17)14(7-10)20-8-11-9-21-15(19-11)13-3-1-2-6-18-13/h1-7,9H,8,17H2. The normalized spacial score (nSPS) is 10.7. The van der Waals surface area contributed by atoms with Gasteiger partial charge in [-0.2, -0.15) is 0 Å². The summed E-state index contributed by atoms with van der Waals surface area (Å²) >= 11 is 9.23. The van der Waals surface area contributed by atoms with Crippen molar-refractivity contribution in [1.29, 1.82) is 0 Å². The molecule has 0 aliphatic heterocycles. The van der Waals surface area contributed by atoms with Crippen molar-refractivity contribution in [3.63, 3.8) is 0 Å². The molecule has 0 saturated carbocycles. The molecule has 0 aliphatic carbocycles. The Kier molecular flexibility index (Phi) is 4.43. The third-order valence-electron chi connectivity index (χ3n) is 2.79. The van der Waals surface area contributed by atoms with E-state index in [0.717, 1.165) is 32.7 Å². The molecular formula is C15H12ClN3S2. The maximum Gasteiger partial charge on any atom is 0.142 e. The molecule has 2 heterocycles. The number of halogens is 1. The van der Waals surface area contributed by atoms with Gasteiger partial charge in [0.05, 0.1) is 11.4 Å². The molecule has 21 heavy (non-hydrogen) atoms. The number of benzene rings is 1. The summed E-state index contributed by atoms with van der Waals surface area (Å²) in [5.41, 5.74) is 8.61. The molecule has 2 aromatic heterocycles. The fourth-order valence-electron chi connectivity index (χ4n) is 1.77. The molecule has 0 atom stereocenters. The van der Waals surface area contributed by atoms with E-state index in [0.29, 0.717) is 5.02 Å². The SMILES string of the molecule is Nc1ccc(Cl)cc1SCc1csc(-c2ccccn2)n1. The van der Waals surface area contributed by atoms with Crippen LogP contribution in [0.3, 0.4) is 0 Å². The maximum atomic E-state index is 5.99. The van der Waals surface area contributed by atoms with Gasteiger partial charge in [-0.05, 0) is 30.3 Å². The van der Waals surface area contributed by atoms with Crippen LogP contribution in [0.15, 0.2) is 52.9 Å². The summed E-state index contributed by atoms with van der Waals surface area (Å²) in [4.78, 5) is 9.90. The number of rotatable bonds is 4. The second kappa shape index (κ2) is 6.47. The van der Waals surface area contributed by atoms with Crippen LogP contribution < -0.4 is 5.73 Å². The number of anilines is 1. The van der Waals surface area contributed by atoms with E-state index in [1.165, 1.54) is 0 Å². The number of hydrogen-bond donors (Lipinski definition) is 1. The van der Waals surface area contributed by atoms with Crippen LogP contribution in [0.25, 0.3) is 10.7 Å². The van der Waals surface area contributed by atoms with Gasteiger partial charge in [0.1, 0.15) is 5.01 Å². The molecule has 0 unspecified atom stereocenters. The van der Waals surface area contributed by atoms with Crippen molar-refractivity contribution in [2.45, 2.75) is 10.6 Å². The third-order valence-corrected chi connectivity index (χ3v) is 5.04. The van der Waals surface area contributed by atoms with Crippen molar-refractivity contribution in [2.75, 3.05) is 5.73 Å². The smallest absolute Gasteiger partial charge is 0.142 e. The van der Waals surface area contributed by atoms with Crippen molar-refractivity contribution >= 4 is 40.4 Å². The largest absolute Gasteiger partial charge is 0.398 e. The predicted molar refractivity (Wildman–Crippen MR) is 90.8 cm³/mol. The Balaban J connectivity index is 1.72. The number of hydrogen-bond acceptors (Lipinski definition) is 5. The van der Waals surface area contributed by atoms with E-state index in [4.69, 9.17) is 17.3 Å². The summed E-state index contributed by atoms with van der Waals surface area (Å²) < 4.78 is 0. The molecule has 6 heteroatoms. The highest BCUT2D eigenvalue weighted by atomic mass is 35.5. The minimum Gasteiger partial charge on any atom is -0.398 e. The molecule has 0 bridgehead atoms. The number of thioether (sulfide) groups is 1. The van der Waals surface area contributed by atoms with Crippen molar-refractivity contribution in [1.82, 2.24) is 9.97 Å². The minimum absolute atomic E-state index is 0.694. The molecule has 106 valence electrons. The van der Waals surface area contributed by atoms with Crippen molar-refractivity contribution in [3.05, 3.63) is 58.7 Å². The summed E-state index contributed by atoms with van der Waals surface area (Å²) in [5, 5.41) is 3.68. The molecule has 0 saturated heterocycles. The van der Waals surface area contributed by atoms with Gasteiger partial charge in [-0.1, -0.05) is 17.7 Å². The van der Waals surface area contributed by atoms with Gasteiger partial charge in [-0.25, -0.2) is 4.98 Å². The highest BCUT2D eigenvalue weighted by Gasteiger charge is 2.07. The first-order valence-corrected chi connectivity index (χ1v) is 8.50. The predicted octanol–water partition coefficient (Wildman–Crippen LogP) is 4.73. The Morgan fingerprint density at radius 2 is 2.14 bits per heavy atom. The topological polar surface area (TPSA) is 51.8 Å². The zero-order chi connectivity index (χ0) is 14.7. The van der Waals surface area contributed by atoms with Crippen LogP contribution in [0, 0.1) is 0 Å². The van der Waals surface area contributed by atoms with E-state index in [9.17, 15) is 0 Å². The van der Waals surface area contributed by atoms with E-state index < -0.39 is 0 Å². The van der Waals surface area contributed by atoms with Crippen LogP contribution in [0.4, 0.5) is 5.69 Å². The van der Waals surface area contributed by atoms with Crippen molar-refractivity contribution < 1.29 is 0 Å². The molecule has 0 spiro atoms. The van der Waals surface area contributed by atoms with Gasteiger partial charge >= 0.3 is 0 Å². The molecule has 0 aliphatic rings. The Bertz CT molecular complexity index is 744. The van der Waals surface area contributed by atoms with Gasteiger partial charge in [-0.15, -0.1) is 23.1 Å². The molecular weight excluding hydrogens is 322 g/mol. The minimum atomic E-state index is 0.694. The highest BCUT2D eigenvalue weighted by molar-refractivity contribution is 7.98. The molecule has 0 amide bonds. The number of pyridine rings is 1. The van der Waals surface area contributed by atoms with E-state index in [2.05, 4.69) is 15.3 Å². The molecule has 1 aromatic carbocycles. The maximum absolute atomic E-state index is 5.99. The fourth-order valence-corrected chi connectivity index (χ4v) is 3.80. The molecule has 3 rings (SSSR count). The van der Waals surface area contributed by atoms with E-state index >= 15 is 0 Å². The second-order valence-corrected chi connectivity index (χ2v) is 6.64. The monoisotopic (exact) mass is 333 g/mol. The molecule has 2 N–H and O–H groups in total. The number of nitrogens with two attached hydrogens (primary N) is 1. The number of thiazole rings is 1. The summed E-state index contributed by atoms with van der Waals surface area (Å²) in [7, 11) is 0. The van der Waals surface area contributed by atoms with Gasteiger partial charge in [0.2, 0.25) is 0 Å². The average Bonchev–Trinajstić information content (AvgIpc) is 2.98. The summed E-state index contributed by atoms with van der Waals surface area (Å²) in [6.07, 6.45) is 1.78. The third kappa shape index (κ3) is 3.56. The summed E-state index contributed by atoms with van der Waals surface area (Å²) in [6.45, 7) is 0. The quantitative estimate of drug-likeness (QED) is 0.553. The highest BCUT2D eigenvalue weighted by Crippen LogP contribution is 2.31. The summed E-state index contributed by atoms with van der Waals surface area (Å²) in [6, 6.07) is 11.3. The average molecular weight is 334 g/mol. The van der Waals surface area contributed by atoms with Crippen molar-refractivity contribution in [3.8, 4) is 10.7 Å². The van der Waals surface area contributed by atoms with Gasteiger partial charge in [-0.3, -0.25) is 4.98 Å². The second-order valence-electron chi connectivity index (χ2n) is 4.33. The lowest BCUT2D eigenvalue weighted by atomic mass is 10.3. The van der Waals surface area contributed by atoms with Crippen LogP contribution in [-0.4, -0.2) is 9.97 Å². The van der Waals surface area contributed by atoms with Gasteiger partial charge < -0.3 is 5.73 Å². The van der Waals surface area contributed by atoms with E-state index in [1.54, 1.807) is 35.4 Å². The van der Waals surface area contributed by atoms with E-state index in [1.807, 2.05) is 30.3 Å². The fraction of sp³-hybridized carbons (Fsp3) is 0.0667. The zero-order valence-electron chi connectivity index (χ0n) is 11.0.